The van der Waals surface area contributed by atoms with Crippen molar-refractivity contribution in [2.24, 2.45) is 0 Å². The van der Waals surface area contributed by atoms with Crippen molar-refractivity contribution in [3.05, 3.63) is 27.2 Å². The van der Waals surface area contributed by atoms with Crippen molar-refractivity contribution in [3.8, 4) is 5.88 Å². The molecule has 98 valence electrons. The number of hydrogen-bond acceptors (Lipinski definition) is 6. The van der Waals surface area contributed by atoms with Gasteiger partial charge in [-0.05, 0) is 19.1 Å². The fourth-order valence-electron chi connectivity index (χ4n) is 1.89. The number of nitrogens with zero attached hydrogens (tertiary/aromatic N) is 4. The Labute approximate surface area is 118 Å². The summed E-state index contributed by atoms with van der Waals surface area (Å²) in [5.74, 6) is 0.490. The summed E-state index contributed by atoms with van der Waals surface area (Å²) in [5, 5.41) is 3.06. The van der Waals surface area contributed by atoms with Crippen LogP contribution in [0, 0.1) is 11.7 Å². The number of aromatic amines is 1. The van der Waals surface area contributed by atoms with Crippen LogP contribution in [0.5, 0.6) is 5.88 Å². The number of hydrogen-bond donors (Lipinski definition) is 1. The van der Waals surface area contributed by atoms with E-state index in [1.54, 1.807) is 18.4 Å². The van der Waals surface area contributed by atoms with Crippen LogP contribution in [0.3, 0.4) is 0 Å². The Bertz CT molecular complexity index is 788. The maximum absolute atomic E-state index is 5.33. The highest BCUT2D eigenvalue weighted by Crippen LogP contribution is 2.21. The minimum Gasteiger partial charge on any atom is -0.479 e. The summed E-state index contributed by atoms with van der Waals surface area (Å²) in [6, 6.07) is 0. The third kappa shape index (κ3) is 2.13. The lowest BCUT2D eigenvalue weighted by atomic mass is 10.4. The van der Waals surface area contributed by atoms with Crippen LogP contribution in [0.2, 0.25) is 0 Å². The minimum absolute atomic E-state index is 0.490. The summed E-state index contributed by atoms with van der Waals surface area (Å²) in [6.07, 6.45) is 1.46. The van der Waals surface area contributed by atoms with Crippen LogP contribution in [0.25, 0.3) is 11.2 Å². The Morgan fingerprint density at radius 1 is 1.47 bits per heavy atom. The topological polar surface area (TPSA) is 68.6 Å². The Hall–Kier alpha value is -1.80. The number of thiazole rings is 1. The molecule has 19 heavy (non-hydrogen) atoms. The molecule has 0 unspecified atom stereocenters. The van der Waals surface area contributed by atoms with Crippen molar-refractivity contribution in [2.75, 3.05) is 7.11 Å². The molecule has 6 nitrogen and oxygen atoms in total. The predicted octanol–water partition coefficient (Wildman–Crippen LogP) is 2.31. The first-order chi connectivity index (χ1) is 9.19. The van der Waals surface area contributed by atoms with E-state index in [4.69, 9.17) is 17.0 Å². The van der Waals surface area contributed by atoms with E-state index in [0.29, 0.717) is 22.7 Å². The number of aryl methyl sites for hydroxylation is 1. The van der Waals surface area contributed by atoms with Gasteiger partial charge in [-0.25, -0.2) is 9.97 Å². The number of H-pyrrole nitrogens is 1. The van der Waals surface area contributed by atoms with Crippen molar-refractivity contribution < 1.29 is 4.74 Å². The molecule has 3 rings (SSSR count). The molecule has 3 heterocycles. The van der Waals surface area contributed by atoms with Gasteiger partial charge in [-0.2, -0.15) is 4.98 Å². The van der Waals surface area contributed by atoms with E-state index in [0.717, 1.165) is 16.3 Å². The highest BCUT2D eigenvalue weighted by Gasteiger charge is 2.12. The first-order valence-corrected chi connectivity index (χ1v) is 6.86. The van der Waals surface area contributed by atoms with Gasteiger partial charge in [-0.3, -0.25) is 4.57 Å². The van der Waals surface area contributed by atoms with Gasteiger partial charge in [0.2, 0.25) is 5.88 Å². The lowest BCUT2D eigenvalue weighted by Gasteiger charge is -2.02. The van der Waals surface area contributed by atoms with Crippen molar-refractivity contribution >= 4 is 34.7 Å². The van der Waals surface area contributed by atoms with Crippen LogP contribution in [-0.2, 0) is 6.54 Å². The molecule has 8 heteroatoms. The quantitative estimate of drug-likeness (QED) is 0.750. The van der Waals surface area contributed by atoms with Crippen molar-refractivity contribution in [1.29, 1.82) is 0 Å². The highest BCUT2D eigenvalue weighted by molar-refractivity contribution is 7.71. The average Bonchev–Trinajstić information content (AvgIpc) is 2.94. The smallest absolute Gasteiger partial charge is 0.242 e. The molecule has 0 bridgehead atoms. The molecule has 0 spiro atoms. The average molecular weight is 293 g/mol. The highest BCUT2D eigenvalue weighted by atomic mass is 32.1. The van der Waals surface area contributed by atoms with Crippen LogP contribution >= 0.6 is 23.6 Å². The van der Waals surface area contributed by atoms with Crippen LogP contribution in [0.1, 0.15) is 10.7 Å². The zero-order chi connectivity index (χ0) is 13.4. The number of methoxy groups -OCH3 is 1. The molecule has 0 radical (unpaired) electrons. The van der Waals surface area contributed by atoms with Gasteiger partial charge in [0.15, 0.2) is 10.4 Å². The van der Waals surface area contributed by atoms with E-state index in [1.807, 2.05) is 16.9 Å². The van der Waals surface area contributed by atoms with Crippen LogP contribution in [-0.4, -0.2) is 31.6 Å². The number of nitrogens with one attached hydrogen (secondary N) is 1. The number of ether oxygens (including phenoxy) is 1. The van der Waals surface area contributed by atoms with Gasteiger partial charge in [0, 0.05) is 5.38 Å². The fraction of sp³-hybridized carbons (Fsp3) is 0.273. The molecule has 3 aromatic heterocycles. The maximum Gasteiger partial charge on any atom is 0.242 e. The molecule has 3 aromatic rings. The first kappa shape index (κ1) is 12.2. The van der Waals surface area contributed by atoms with Gasteiger partial charge in [-0.1, -0.05) is 0 Å². The summed E-state index contributed by atoms with van der Waals surface area (Å²) in [7, 11) is 1.57. The zero-order valence-corrected chi connectivity index (χ0v) is 12.0. The lowest BCUT2D eigenvalue weighted by Crippen LogP contribution is -2.01. The van der Waals surface area contributed by atoms with Gasteiger partial charge in [0.1, 0.15) is 11.8 Å². The Kier molecular flexibility index (Phi) is 3.03. The molecule has 0 atom stereocenters. The van der Waals surface area contributed by atoms with Gasteiger partial charge in [-0.15, -0.1) is 11.3 Å². The Morgan fingerprint density at radius 2 is 2.32 bits per heavy atom. The van der Waals surface area contributed by atoms with Crippen molar-refractivity contribution in [3.63, 3.8) is 0 Å². The summed E-state index contributed by atoms with van der Waals surface area (Å²) >= 11 is 6.95. The molecular formula is C11H11N5OS2. The number of rotatable bonds is 3. The van der Waals surface area contributed by atoms with Gasteiger partial charge in [0.25, 0.3) is 0 Å². The second-order valence-electron chi connectivity index (χ2n) is 3.96. The zero-order valence-electron chi connectivity index (χ0n) is 10.4. The van der Waals surface area contributed by atoms with E-state index in [9.17, 15) is 0 Å². The molecule has 0 amide bonds. The minimum atomic E-state index is 0.490. The lowest BCUT2D eigenvalue weighted by molar-refractivity contribution is 0.401. The molecule has 0 aliphatic carbocycles. The number of imidazole rings is 1. The van der Waals surface area contributed by atoms with Gasteiger partial charge in [0.05, 0.1) is 24.4 Å². The van der Waals surface area contributed by atoms with E-state index < -0.39 is 0 Å². The maximum atomic E-state index is 5.33. The fourth-order valence-corrected chi connectivity index (χ4v) is 2.75. The first-order valence-electron chi connectivity index (χ1n) is 5.57. The molecule has 0 saturated heterocycles. The Morgan fingerprint density at radius 3 is 3.00 bits per heavy atom. The van der Waals surface area contributed by atoms with E-state index in [2.05, 4.69) is 19.9 Å². The summed E-state index contributed by atoms with van der Waals surface area (Å²) in [6.45, 7) is 2.57. The standard InChI is InChI=1S/C11H11N5OS2/c1-6-14-7(4-19-6)3-16-9-8(15-11(16)18)10(17-2)13-5-12-9/h4-5H,3H2,1-2H3,(H,15,18). The molecule has 0 aliphatic rings. The van der Waals surface area contributed by atoms with Crippen molar-refractivity contribution in [2.45, 2.75) is 13.5 Å². The summed E-state index contributed by atoms with van der Waals surface area (Å²) in [4.78, 5) is 15.8. The van der Waals surface area contributed by atoms with Crippen molar-refractivity contribution in [1.82, 2.24) is 24.5 Å². The monoisotopic (exact) mass is 293 g/mol. The van der Waals surface area contributed by atoms with Crippen LogP contribution in [0.4, 0.5) is 0 Å². The summed E-state index contributed by atoms with van der Waals surface area (Å²) in [5.41, 5.74) is 2.40. The second-order valence-corrected chi connectivity index (χ2v) is 5.40. The largest absolute Gasteiger partial charge is 0.479 e. The molecule has 0 aromatic carbocycles. The normalized spacial score (nSPS) is 11.1. The van der Waals surface area contributed by atoms with E-state index >= 15 is 0 Å². The second kappa shape index (κ2) is 4.71. The molecule has 0 fully saturated rings. The predicted molar refractivity (Wildman–Crippen MR) is 75.2 cm³/mol. The van der Waals surface area contributed by atoms with Gasteiger partial charge < -0.3 is 9.72 Å². The Balaban J connectivity index is 2.13. The summed E-state index contributed by atoms with van der Waals surface area (Å²) < 4.78 is 7.67. The van der Waals surface area contributed by atoms with E-state index in [1.165, 1.54) is 6.33 Å². The molecule has 1 N–H and O–H groups in total. The van der Waals surface area contributed by atoms with Crippen LogP contribution in [0.15, 0.2) is 11.7 Å². The number of fused-ring (bicyclic) bond motifs is 1. The molecular weight excluding hydrogens is 282 g/mol. The third-order valence-electron chi connectivity index (χ3n) is 2.71. The molecule has 0 aliphatic heterocycles. The van der Waals surface area contributed by atoms with Gasteiger partial charge >= 0.3 is 0 Å². The van der Waals surface area contributed by atoms with E-state index in [-0.39, 0.29) is 0 Å². The molecule has 0 saturated carbocycles. The van der Waals surface area contributed by atoms with Crippen LogP contribution < -0.4 is 4.74 Å². The SMILES string of the molecule is COc1ncnc2c1[nH]c(=S)n2Cc1csc(C)n1. The third-order valence-corrected chi connectivity index (χ3v) is 3.85. The number of aromatic nitrogens is 5.